The highest BCUT2D eigenvalue weighted by Gasteiger charge is 2.20. The molecular formula is C12H7FN4O2. The fraction of sp³-hybridized carbons (Fsp3) is 0. The number of hydrogen-bond donors (Lipinski definition) is 1. The first-order valence-electron chi connectivity index (χ1n) is 5.13. The lowest BCUT2D eigenvalue weighted by atomic mass is 10.0. The largest absolute Gasteiger partial charge is 0.393 e. The number of hydrogen-bond acceptors (Lipinski definition) is 5. The SMILES string of the molecule is N#Cc1cc(-c2ncccc2F)c(N)c([N+](=O)[O-])c1. The van der Waals surface area contributed by atoms with Gasteiger partial charge in [0, 0.05) is 17.8 Å². The Balaban J connectivity index is 2.78. The lowest BCUT2D eigenvalue weighted by Gasteiger charge is -2.07. The summed E-state index contributed by atoms with van der Waals surface area (Å²) in [7, 11) is 0. The first-order valence-corrected chi connectivity index (χ1v) is 5.13. The molecule has 0 amide bonds. The van der Waals surface area contributed by atoms with E-state index in [1.54, 1.807) is 6.07 Å². The van der Waals surface area contributed by atoms with Crippen molar-refractivity contribution in [3.63, 3.8) is 0 Å². The number of nitrogens with zero attached hydrogens (tertiary/aromatic N) is 3. The predicted molar refractivity (Wildman–Crippen MR) is 65.4 cm³/mol. The normalized spacial score (nSPS) is 9.89. The third kappa shape index (κ3) is 2.19. The fourth-order valence-electron chi connectivity index (χ4n) is 1.63. The molecule has 0 saturated heterocycles. The van der Waals surface area contributed by atoms with Gasteiger partial charge in [-0.2, -0.15) is 5.26 Å². The van der Waals surface area contributed by atoms with Gasteiger partial charge in [-0.15, -0.1) is 0 Å². The van der Waals surface area contributed by atoms with Crippen LogP contribution in [0.1, 0.15) is 5.56 Å². The summed E-state index contributed by atoms with van der Waals surface area (Å²) in [4.78, 5) is 13.9. The Morgan fingerprint density at radius 2 is 2.21 bits per heavy atom. The smallest absolute Gasteiger partial charge is 0.294 e. The minimum atomic E-state index is -0.722. The Kier molecular flexibility index (Phi) is 3.08. The highest BCUT2D eigenvalue weighted by Crippen LogP contribution is 2.34. The molecule has 0 aliphatic rings. The van der Waals surface area contributed by atoms with Crippen molar-refractivity contribution in [1.82, 2.24) is 4.98 Å². The maximum Gasteiger partial charge on any atom is 0.294 e. The number of pyridine rings is 1. The number of rotatable bonds is 2. The van der Waals surface area contributed by atoms with Gasteiger partial charge in [-0.05, 0) is 18.2 Å². The van der Waals surface area contributed by atoms with Crippen LogP contribution in [0.25, 0.3) is 11.3 Å². The van der Waals surface area contributed by atoms with Gasteiger partial charge in [0.25, 0.3) is 5.69 Å². The van der Waals surface area contributed by atoms with E-state index in [4.69, 9.17) is 11.0 Å². The minimum Gasteiger partial charge on any atom is -0.393 e. The number of benzene rings is 1. The summed E-state index contributed by atoms with van der Waals surface area (Å²) in [6.45, 7) is 0. The van der Waals surface area contributed by atoms with Crippen LogP contribution in [0.3, 0.4) is 0 Å². The van der Waals surface area contributed by atoms with Crippen molar-refractivity contribution in [2.75, 3.05) is 5.73 Å². The lowest BCUT2D eigenvalue weighted by Crippen LogP contribution is -2.01. The molecule has 0 fully saturated rings. The van der Waals surface area contributed by atoms with Gasteiger partial charge in [-0.3, -0.25) is 15.1 Å². The quantitative estimate of drug-likeness (QED) is 0.505. The second kappa shape index (κ2) is 4.70. The zero-order chi connectivity index (χ0) is 14.0. The van der Waals surface area contributed by atoms with E-state index >= 15 is 0 Å². The molecule has 0 saturated carbocycles. The van der Waals surface area contributed by atoms with E-state index < -0.39 is 16.4 Å². The molecule has 2 N–H and O–H groups in total. The van der Waals surface area contributed by atoms with E-state index in [2.05, 4.69) is 4.98 Å². The van der Waals surface area contributed by atoms with Crippen molar-refractivity contribution in [3.05, 3.63) is 52.0 Å². The number of nitrogen functional groups attached to an aromatic ring is 1. The Morgan fingerprint density at radius 3 is 2.79 bits per heavy atom. The zero-order valence-corrected chi connectivity index (χ0v) is 9.50. The summed E-state index contributed by atoms with van der Waals surface area (Å²) in [5.74, 6) is -0.668. The molecule has 1 heterocycles. The van der Waals surface area contributed by atoms with Crippen LogP contribution in [-0.4, -0.2) is 9.91 Å². The van der Waals surface area contributed by atoms with Crippen LogP contribution in [0.15, 0.2) is 30.5 Å². The number of aromatic nitrogens is 1. The van der Waals surface area contributed by atoms with Gasteiger partial charge >= 0.3 is 0 Å². The second-order valence-corrected chi connectivity index (χ2v) is 3.66. The Bertz CT molecular complexity index is 709. The van der Waals surface area contributed by atoms with E-state index in [0.717, 1.165) is 12.1 Å². The van der Waals surface area contributed by atoms with Crippen molar-refractivity contribution >= 4 is 11.4 Å². The van der Waals surface area contributed by atoms with Gasteiger partial charge in [-0.1, -0.05) is 0 Å². The van der Waals surface area contributed by atoms with Crippen LogP contribution < -0.4 is 5.73 Å². The molecule has 6 nitrogen and oxygen atoms in total. The van der Waals surface area contributed by atoms with Gasteiger partial charge in [-0.25, -0.2) is 4.39 Å². The molecule has 0 aliphatic carbocycles. The monoisotopic (exact) mass is 258 g/mol. The molecule has 1 aromatic carbocycles. The summed E-state index contributed by atoms with van der Waals surface area (Å²) >= 11 is 0. The van der Waals surface area contributed by atoms with Crippen LogP contribution in [0.4, 0.5) is 15.8 Å². The highest BCUT2D eigenvalue weighted by molar-refractivity contribution is 5.82. The molecule has 0 unspecified atom stereocenters. The van der Waals surface area contributed by atoms with Gasteiger partial charge < -0.3 is 5.73 Å². The number of nitrogens with two attached hydrogens (primary N) is 1. The number of nitriles is 1. The first-order chi connectivity index (χ1) is 9.04. The predicted octanol–water partition coefficient (Wildman–Crippen LogP) is 2.25. The van der Waals surface area contributed by atoms with Crippen molar-refractivity contribution in [3.8, 4) is 17.3 Å². The van der Waals surface area contributed by atoms with Crippen LogP contribution in [0.2, 0.25) is 0 Å². The molecule has 7 heteroatoms. The zero-order valence-electron chi connectivity index (χ0n) is 9.50. The average Bonchev–Trinajstić information content (AvgIpc) is 2.39. The molecule has 1 aromatic heterocycles. The van der Waals surface area contributed by atoms with Crippen LogP contribution >= 0.6 is 0 Å². The molecule has 2 rings (SSSR count). The Labute approximate surface area is 107 Å². The molecule has 2 aromatic rings. The summed E-state index contributed by atoms with van der Waals surface area (Å²) in [5, 5.41) is 19.7. The molecule has 0 atom stereocenters. The van der Waals surface area contributed by atoms with Crippen LogP contribution in [-0.2, 0) is 0 Å². The van der Waals surface area contributed by atoms with Gasteiger partial charge in [0.1, 0.15) is 17.2 Å². The van der Waals surface area contributed by atoms with Gasteiger partial charge in [0.05, 0.1) is 16.6 Å². The van der Waals surface area contributed by atoms with E-state index in [1.807, 2.05) is 0 Å². The standard InChI is InChI=1S/C12H7FN4O2/c13-9-2-1-3-16-12(9)8-4-7(6-14)5-10(11(8)15)17(18)19/h1-5H,15H2. The molecule has 0 bridgehead atoms. The summed E-state index contributed by atoms with van der Waals surface area (Å²) in [6, 6.07) is 6.63. The number of halogens is 1. The van der Waals surface area contributed by atoms with Crippen molar-refractivity contribution in [2.45, 2.75) is 0 Å². The third-order valence-electron chi connectivity index (χ3n) is 2.50. The maximum atomic E-state index is 13.7. The van der Waals surface area contributed by atoms with E-state index in [1.165, 1.54) is 18.3 Å². The van der Waals surface area contributed by atoms with Crippen LogP contribution in [0.5, 0.6) is 0 Å². The van der Waals surface area contributed by atoms with E-state index in [9.17, 15) is 14.5 Å². The number of nitro benzene ring substituents is 1. The van der Waals surface area contributed by atoms with E-state index in [0.29, 0.717) is 0 Å². The van der Waals surface area contributed by atoms with E-state index in [-0.39, 0.29) is 22.5 Å². The topological polar surface area (TPSA) is 106 Å². The van der Waals surface area contributed by atoms with Crippen molar-refractivity contribution in [1.29, 1.82) is 5.26 Å². The van der Waals surface area contributed by atoms with Crippen molar-refractivity contribution < 1.29 is 9.31 Å². The van der Waals surface area contributed by atoms with Gasteiger partial charge in [0.15, 0.2) is 0 Å². The molecular weight excluding hydrogens is 251 g/mol. The van der Waals surface area contributed by atoms with Crippen LogP contribution in [0, 0.1) is 27.3 Å². The molecule has 94 valence electrons. The molecule has 0 aliphatic heterocycles. The molecule has 0 radical (unpaired) electrons. The summed E-state index contributed by atoms with van der Waals surface area (Å²) in [5.41, 5.74) is 4.91. The van der Waals surface area contributed by atoms with Gasteiger partial charge in [0.2, 0.25) is 0 Å². The third-order valence-corrected chi connectivity index (χ3v) is 2.50. The van der Waals surface area contributed by atoms with Crippen molar-refractivity contribution in [2.24, 2.45) is 0 Å². The highest BCUT2D eigenvalue weighted by atomic mass is 19.1. The maximum absolute atomic E-state index is 13.7. The number of nitro groups is 1. The second-order valence-electron chi connectivity index (χ2n) is 3.66. The summed E-state index contributed by atoms with van der Waals surface area (Å²) in [6.07, 6.45) is 1.34. The lowest BCUT2D eigenvalue weighted by molar-refractivity contribution is -0.383. The minimum absolute atomic E-state index is 0.0148. The first kappa shape index (κ1) is 12.4. The summed E-state index contributed by atoms with van der Waals surface area (Å²) < 4.78 is 13.7. The molecule has 19 heavy (non-hydrogen) atoms. The Morgan fingerprint density at radius 1 is 1.47 bits per heavy atom. The molecule has 0 spiro atoms. The Hall–Kier alpha value is -3.01. The average molecular weight is 258 g/mol. The number of anilines is 1. The fourth-order valence-corrected chi connectivity index (χ4v) is 1.63.